The van der Waals surface area contributed by atoms with Crippen molar-refractivity contribution in [2.75, 3.05) is 19.8 Å². The summed E-state index contributed by atoms with van der Waals surface area (Å²) in [4.78, 5) is 49.9. The molecule has 0 unspecified atom stereocenters. The van der Waals surface area contributed by atoms with Crippen molar-refractivity contribution in [2.45, 2.75) is 6.92 Å². The van der Waals surface area contributed by atoms with Crippen LogP contribution < -0.4 is 16.6 Å². The number of nitrogens with one attached hydrogen (secondary N) is 1. The zero-order chi connectivity index (χ0) is 18.5. The van der Waals surface area contributed by atoms with E-state index in [4.69, 9.17) is 5.73 Å². The molecule has 0 fully saturated rings. The number of amides is 3. The van der Waals surface area contributed by atoms with Crippen molar-refractivity contribution in [2.24, 2.45) is 0 Å². The number of hydrogen-bond donors (Lipinski definition) is 2. The van der Waals surface area contributed by atoms with Gasteiger partial charge in [-0.2, -0.15) is 0 Å². The van der Waals surface area contributed by atoms with Crippen LogP contribution in [0.25, 0.3) is 5.69 Å². The lowest BCUT2D eigenvalue weighted by atomic mass is 10.0. The number of nitrogen functional groups attached to an aromatic ring is 1. The van der Waals surface area contributed by atoms with E-state index < -0.39 is 17.4 Å². The van der Waals surface area contributed by atoms with Gasteiger partial charge in [-0.25, -0.2) is 0 Å². The fraction of sp³-hybridized carbons (Fsp3) is 0.176. The number of aromatic nitrogens is 1. The predicted molar refractivity (Wildman–Crippen MR) is 91.0 cm³/mol. The van der Waals surface area contributed by atoms with Gasteiger partial charge in [0.2, 0.25) is 0 Å². The summed E-state index contributed by atoms with van der Waals surface area (Å²) in [5, 5.41) is 2.12. The first-order valence-electron chi connectivity index (χ1n) is 7.47. The smallest absolute Gasteiger partial charge is 0.262 e. The minimum atomic E-state index is -0.649. The molecular weight excluding hydrogens is 324 g/mol. The van der Waals surface area contributed by atoms with Gasteiger partial charge in [-0.3, -0.25) is 29.1 Å². The van der Waals surface area contributed by atoms with E-state index >= 15 is 0 Å². The summed E-state index contributed by atoms with van der Waals surface area (Å²) in [6.45, 7) is 1.69. The fourth-order valence-corrected chi connectivity index (χ4v) is 2.87. The van der Waals surface area contributed by atoms with Crippen LogP contribution in [0.2, 0.25) is 0 Å². The molecule has 0 atom stereocenters. The highest BCUT2D eigenvalue weighted by atomic mass is 16.2. The van der Waals surface area contributed by atoms with Gasteiger partial charge in [-0.15, -0.1) is 0 Å². The lowest BCUT2D eigenvalue weighted by Crippen LogP contribution is -2.26. The molecule has 1 aromatic heterocycles. The van der Waals surface area contributed by atoms with Gasteiger partial charge in [0, 0.05) is 25.7 Å². The molecule has 0 saturated heterocycles. The summed E-state index contributed by atoms with van der Waals surface area (Å²) in [5.74, 6) is -1.66. The van der Waals surface area contributed by atoms with Gasteiger partial charge in [0.25, 0.3) is 23.3 Å². The number of carbonyl (C=O) groups excluding carboxylic acids is 3. The standard InChI is InChI=1S/C17H16N4O4/c1-8-9(17(25)20(2)3)5-4-6-11(8)21-12(22)7-10-13(14(21)18)16(24)19-15(10)23/h4-7H,18H2,1-3H3,(H,19,23,24). The van der Waals surface area contributed by atoms with Crippen LogP contribution in [-0.4, -0.2) is 41.3 Å². The quantitative estimate of drug-likeness (QED) is 0.764. The Labute approximate surface area is 142 Å². The molecule has 128 valence electrons. The average Bonchev–Trinajstić information content (AvgIpc) is 2.82. The first kappa shape index (κ1) is 16.4. The molecule has 2 aromatic rings. The lowest BCUT2D eigenvalue weighted by molar-refractivity contribution is 0.0824. The maximum absolute atomic E-state index is 12.5. The molecule has 1 aliphatic rings. The Bertz CT molecular complexity index is 1000. The minimum absolute atomic E-state index is 0.0339. The normalized spacial score (nSPS) is 12.8. The molecule has 8 heteroatoms. The highest BCUT2D eigenvalue weighted by molar-refractivity contribution is 6.23. The second-order valence-corrected chi connectivity index (χ2v) is 5.92. The van der Waals surface area contributed by atoms with Gasteiger partial charge in [0.05, 0.1) is 16.8 Å². The number of benzene rings is 1. The molecule has 2 heterocycles. The SMILES string of the molecule is Cc1c(C(=O)N(C)C)cccc1-n1c(N)c2c(cc1=O)C(=O)NC2=O. The van der Waals surface area contributed by atoms with Crippen LogP contribution in [0, 0.1) is 6.92 Å². The maximum Gasteiger partial charge on any atom is 0.262 e. The van der Waals surface area contributed by atoms with Crippen molar-refractivity contribution in [1.29, 1.82) is 0 Å². The van der Waals surface area contributed by atoms with E-state index in [-0.39, 0.29) is 22.9 Å². The summed E-state index contributed by atoms with van der Waals surface area (Å²) in [5.41, 5.74) is 6.73. The van der Waals surface area contributed by atoms with Gasteiger partial charge in [-0.05, 0) is 24.6 Å². The number of hydrogen-bond acceptors (Lipinski definition) is 5. The molecular formula is C17H16N4O4. The van der Waals surface area contributed by atoms with Gasteiger partial charge >= 0.3 is 0 Å². The molecule has 3 N–H and O–H groups in total. The Balaban J connectivity index is 2.30. The Morgan fingerprint density at radius 3 is 2.48 bits per heavy atom. The van der Waals surface area contributed by atoms with Crippen LogP contribution in [0.1, 0.15) is 36.6 Å². The topological polar surface area (TPSA) is 114 Å². The van der Waals surface area contributed by atoms with Crippen molar-refractivity contribution in [3.63, 3.8) is 0 Å². The molecule has 3 rings (SSSR count). The third kappa shape index (κ3) is 2.38. The highest BCUT2D eigenvalue weighted by Gasteiger charge is 2.32. The highest BCUT2D eigenvalue weighted by Crippen LogP contribution is 2.25. The van der Waals surface area contributed by atoms with Crippen LogP contribution in [0.4, 0.5) is 5.82 Å². The molecule has 0 spiro atoms. The van der Waals surface area contributed by atoms with Crippen molar-refractivity contribution in [3.8, 4) is 5.69 Å². The molecule has 8 nitrogen and oxygen atoms in total. The van der Waals surface area contributed by atoms with E-state index in [9.17, 15) is 19.2 Å². The third-order valence-corrected chi connectivity index (χ3v) is 4.14. The average molecular weight is 340 g/mol. The minimum Gasteiger partial charge on any atom is -0.384 e. The van der Waals surface area contributed by atoms with Crippen molar-refractivity contribution >= 4 is 23.5 Å². The summed E-state index contributed by atoms with van der Waals surface area (Å²) in [6, 6.07) is 5.97. The molecule has 0 bridgehead atoms. The molecule has 25 heavy (non-hydrogen) atoms. The number of nitrogens with two attached hydrogens (primary N) is 1. The Kier molecular flexibility index (Phi) is 3.67. The summed E-state index contributed by atoms with van der Waals surface area (Å²) in [7, 11) is 3.25. The first-order chi connectivity index (χ1) is 11.7. The van der Waals surface area contributed by atoms with Gasteiger partial charge in [-0.1, -0.05) is 6.07 Å². The Hall–Kier alpha value is -3.42. The maximum atomic E-state index is 12.5. The number of imide groups is 1. The van der Waals surface area contributed by atoms with Gasteiger partial charge in [0.1, 0.15) is 5.82 Å². The molecule has 1 aliphatic heterocycles. The van der Waals surface area contributed by atoms with Crippen molar-refractivity contribution in [1.82, 2.24) is 14.8 Å². The van der Waals surface area contributed by atoms with Crippen molar-refractivity contribution in [3.05, 3.63) is 56.9 Å². The van der Waals surface area contributed by atoms with E-state index in [1.165, 1.54) is 4.90 Å². The zero-order valence-corrected chi connectivity index (χ0v) is 13.9. The third-order valence-electron chi connectivity index (χ3n) is 4.14. The van der Waals surface area contributed by atoms with E-state index in [0.717, 1.165) is 10.6 Å². The summed E-state index contributed by atoms with van der Waals surface area (Å²) >= 11 is 0. The number of anilines is 1. The first-order valence-corrected chi connectivity index (χ1v) is 7.47. The molecule has 0 radical (unpaired) electrons. The molecule has 3 amide bonds. The van der Waals surface area contributed by atoms with Crippen LogP contribution in [-0.2, 0) is 0 Å². The summed E-state index contributed by atoms with van der Waals surface area (Å²) < 4.78 is 1.14. The fourth-order valence-electron chi connectivity index (χ4n) is 2.87. The van der Waals surface area contributed by atoms with E-state index in [0.29, 0.717) is 16.8 Å². The number of nitrogens with zero attached hydrogens (tertiary/aromatic N) is 2. The Morgan fingerprint density at radius 2 is 1.84 bits per heavy atom. The summed E-state index contributed by atoms with van der Waals surface area (Å²) in [6.07, 6.45) is 0. The van der Waals surface area contributed by atoms with Crippen LogP contribution >= 0.6 is 0 Å². The van der Waals surface area contributed by atoms with Crippen LogP contribution in [0.15, 0.2) is 29.1 Å². The van der Waals surface area contributed by atoms with Crippen LogP contribution in [0.5, 0.6) is 0 Å². The Morgan fingerprint density at radius 1 is 1.16 bits per heavy atom. The van der Waals surface area contributed by atoms with E-state index in [1.807, 2.05) is 0 Å². The molecule has 0 aliphatic carbocycles. The lowest BCUT2D eigenvalue weighted by Gasteiger charge is -2.18. The van der Waals surface area contributed by atoms with Crippen LogP contribution in [0.3, 0.4) is 0 Å². The molecule has 1 aromatic carbocycles. The number of rotatable bonds is 2. The second kappa shape index (κ2) is 5.59. The van der Waals surface area contributed by atoms with Gasteiger partial charge in [0.15, 0.2) is 0 Å². The van der Waals surface area contributed by atoms with E-state index in [2.05, 4.69) is 5.32 Å². The largest absolute Gasteiger partial charge is 0.384 e. The molecule has 0 saturated carbocycles. The predicted octanol–water partition coefficient (Wildman–Crippen LogP) is 0.314. The number of carbonyl (C=O) groups is 3. The van der Waals surface area contributed by atoms with Crippen molar-refractivity contribution < 1.29 is 14.4 Å². The zero-order valence-electron chi connectivity index (χ0n) is 13.9. The second-order valence-electron chi connectivity index (χ2n) is 5.92. The number of fused-ring (bicyclic) bond motifs is 1. The monoisotopic (exact) mass is 340 g/mol. The van der Waals surface area contributed by atoms with E-state index in [1.54, 1.807) is 39.2 Å². The van der Waals surface area contributed by atoms with Gasteiger partial charge < -0.3 is 10.6 Å². The number of pyridine rings is 1.